The molecule has 1 aromatic carbocycles. The Labute approximate surface area is 140 Å². The van der Waals surface area contributed by atoms with Crippen LogP contribution in [0.3, 0.4) is 0 Å². The Morgan fingerprint density at radius 2 is 1.96 bits per heavy atom. The molecule has 0 bridgehead atoms. The molecule has 0 aliphatic carbocycles. The molecule has 0 spiro atoms. The zero-order valence-corrected chi connectivity index (χ0v) is 14.1. The van der Waals surface area contributed by atoms with Crippen LogP contribution in [0.4, 0.5) is 0 Å². The van der Waals surface area contributed by atoms with Crippen LogP contribution in [0.25, 0.3) is 0 Å². The van der Waals surface area contributed by atoms with Crippen molar-refractivity contribution < 1.29 is 14.7 Å². The first-order valence-electron chi connectivity index (χ1n) is 7.35. The summed E-state index contributed by atoms with van der Waals surface area (Å²) in [4.78, 5) is 13.0. The molecule has 126 valence electrons. The minimum absolute atomic E-state index is 0.00210. The maximum absolute atomic E-state index is 11.9. The number of ether oxygens (including phenoxy) is 1. The van der Waals surface area contributed by atoms with Crippen molar-refractivity contribution in [2.75, 3.05) is 33.4 Å². The molecule has 1 fully saturated rings. The summed E-state index contributed by atoms with van der Waals surface area (Å²) in [5, 5.41) is 20.0. The number of benzene rings is 1. The minimum Gasteiger partial charge on any atom is -0.379 e. The van der Waals surface area contributed by atoms with Gasteiger partial charge in [0.1, 0.15) is 0 Å². The fourth-order valence-electron chi connectivity index (χ4n) is 2.23. The van der Waals surface area contributed by atoms with Crippen molar-refractivity contribution in [3.63, 3.8) is 0 Å². The van der Waals surface area contributed by atoms with Crippen LogP contribution in [0.2, 0.25) is 0 Å². The zero-order valence-electron chi connectivity index (χ0n) is 13.3. The molecule has 2 rings (SSSR count). The van der Waals surface area contributed by atoms with Crippen LogP contribution < -0.4 is 10.8 Å². The van der Waals surface area contributed by atoms with Crippen molar-refractivity contribution in [2.24, 2.45) is 0 Å². The highest BCUT2D eigenvalue weighted by atomic mass is 32.2. The molecule has 1 atom stereocenters. The Hall–Kier alpha value is -1.45. The van der Waals surface area contributed by atoms with Crippen molar-refractivity contribution in [1.82, 2.24) is 15.1 Å². The van der Waals surface area contributed by atoms with Gasteiger partial charge in [0.25, 0.3) is 0 Å². The third-order valence-corrected chi connectivity index (χ3v) is 4.86. The van der Waals surface area contributed by atoms with E-state index in [4.69, 9.17) is 10.1 Å². The molecule has 0 aromatic heterocycles. The molecule has 1 aliphatic rings. The van der Waals surface area contributed by atoms with Gasteiger partial charge in [0, 0.05) is 25.0 Å². The van der Waals surface area contributed by atoms with Gasteiger partial charge in [-0.2, -0.15) is 5.48 Å². The van der Waals surface area contributed by atoms with E-state index in [0.717, 1.165) is 31.2 Å². The van der Waals surface area contributed by atoms with Gasteiger partial charge in [0.15, 0.2) is 5.54 Å². The van der Waals surface area contributed by atoms with Crippen molar-refractivity contribution in [3.8, 4) is 0 Å². The number of hydroxylamine groups is 1. The highest BCUT2D eigenvalue weighted by molar-refractivity contribution is 7.97. The predicted molar refractivity (Wildman–Crippen MR) is 88.9 cm³/mol. The van der Waals surface area contributed by atoms with Gasteiger partial charge in [-0.05, 0) is 36.6 Å². The quantitative estimate of drug-likeness (QED) is 0.349. The van der Waals surface area contributed by atoms with Gasteiger partial charge in [-0.1, -0.05) is 12.1 Å². The van der Waals surface area contributed by atoms with Crippen LogP contribution in [-0.2, 0) is 9.53 Å². The first-order valence-corrected chi connectivity index (χ1v) is 8.12. The molecule has 7 nitrogen and oxygen atoms in total. The summed E-state index contributed by atoms with van der Waals surface area (Å²) in [6.45, 7) is 4.70. The zero-order chi connectivity index (χ0) is 16.9. The monoisotopic (exact) mass is 338 g/mol. The summed E-state index contributed by atoms with van der Waals surface area (Å²) in [6, 6.07) is 7.38. The minimum atomic E-state index is -1.49. The van der Waals surface area contributed by atoms with E-state index in [1.807, 2.05) is 17.6 Å². The number of likely N-dealkylation sites (N-methyl/N-ethyl adjacent to an activating group) is 1. The number of amides is 1. The topological polar surface area (TPSA) is 97.7 Å². The molecule has 23 heavy (non-hydrogen) atoms. The smallest absolute Gasteiger partial charge is 0.248 e. The maximum Gasteiger partial charge on any atom is 0.248 e. The van der Waals surface area contributed by atoms with Gasteiger partial charge < -0.3 is 20.7 Å². The lowest BCUT2D eigenvalue weighted by molar-refractivity contribution is -0.127. The Morgan fingerprint density at radius 3 is 2.48 bits per heavy atom. The lowest BCUT2D eigenvalue weighted by Crippen LogP contribution is -2.58. The van der Waals surface area contributed by atoms with E-state index in [2.05, 4.69) is 9.62 Å². The van der Waals surface area contributed by atoms with Crippen LogP contribution in [0, 0.1) is 5.41 Å². The van der Waals surface area contributed by atoms with E-state index in [0.29, 0.717) is 5.56 Å². The van der Waals surface area contributed by atoms with E-state index >= 15 is 0 Å². The molecule has 8 heteroatoms. The van der Waals surface area contributed by atoms with Gasteiger partial charge in [0.2, 0.25) is 5.91 Å². The summed E-state index contributed by atoms with van der Waals surface area (Å²) in [7, 11) is 1.47. The Kier molecular flexibility index (Phi) is 6.14. The Bertz CT molecular complexity index is 560. The Balaban J connectivity index is 2.08. The molecule has 1 amide bonds. The Morgan fingerprint density at radius 1 is 1.35 bits per heavy atom. The largest absolute Gasteiger partial charge is 0.379 e. The summed E-state index contributed by atoms with van der Waals surface area (Å²) in [5.74, 6) is -0.475. The highest BCUT2D eigenvalue weighted by Gasteiger charge is 2.37. The molecule has 0 radical (unpaired) electrons. The second kappa shape index (κ2) is 7.89. The lowest BCUT2D eigenvalue weighted by atomic mass is 9.90. The van der Waals surface area contributed by atoms with Gasteiger partial charge in [0.05, 0.1) is 18.9 Å². The fraction of sp³-hybridized carbons (Fsp3) is 0.467. The maximum atomic E-state index is 11.9. The van der Waals surface area contributed by atoms with Gasteiger partial charge >= 0.3 is 0 Å². The van der Waals surface area contributed by atoms with E-state index in [1.165, 1.54) is 14.0 Å². The number of rotatable bonds is 6. The molecule has 1 aliphatic heterocycles. The number of morpholine rings is 1. The number of hydrogen-bond donors (Lipinski definition) is 4. The normalized spacial score (nSPS) is 18.2. The summed E-state index contributed by atoms with van der Waals surface area (Å²) in [5.41, 5.74) is 1.03. The molecule has 1 heterocycles. The average Bonchev–Trinajstić information content (AvgIpc) is 2.61. The molecular weight excluding hydrogens is 316 g/mol. The van der Waals surface area contributed by atoms with Crippen molar-refractivity contribution in [1.29, 1.82) is 5.41 Å². The molecule has 1 unspecified atom stereocenters. The van der Waals surface area contributed by atoms with E-state index in [-0.39, 0.29) is 5.71 Å². The first kappa shape index (κ1) is 17.9. The van der Waals surface area contributed by atoms with Crippen LogP contribution in [0.5, 0.6) is 0 Å². The number of carbonyl (C=O) groups excluding carboxylic acids is 1. The summed E-state index contributed by atoms with van der Waals surface area (Å²) in [6.07, 6.45) is 0. The van der Waals surface area contributed by atoms with Crippen LogP contribution in [-0.4, -0.2) is 60.0 Å². The first-order chi connectivity index (χ1) is 11.0. The highest BCUT2D eigenvalue weighted by Crippen LogP contribution is 2.24. The van der Waals surface area contributed by atoms with Crippen LogP contribution >= 0.6 is 11.9 Å². The number of nitrogens with zero attached hydrogens (tertiary/aromatic N) is 1. The molecule has 1 saturated heterocycles. The van der Waals surface area contributed by atoms with Crippen LogP contribution in [0.15, 0.2) is 29.2 Å². The molecular formula is C15H22N4O3S. The molecule has 1 aromatic rings. The van der Waals surface area contributed by atoms with Crippen molar-refractivity contribution in [2.45, 2.75) is 17.4 Å². The number of hydrogen-bond acceptors (Lipinski definition) is 7. The molecule has 0 saturated carbocycles. The fourth-order valence-corrected chi connectivity index (χ4v) is 3.12. The lowest BCUT2D eigenvalue weighted by Gasteiger charge is -2.27. The van der Waals surface area contributed by atoms with Gasteiger partial charge in [-0.15, -0.1) is 0 Å². The van der Waals surface area contributed by atoms with E-state index in [1.54, 1.807) is 24.1 Å². The predicted octanol–water partition coefficient (Wildman–Crippen LogP) is 0.877. The van der Waals surface area contributed by atoms with Crippen LogP contribution in [0.1, 0.15) is 12.5 Å². The van der Waals surface area contributed by atoms with Gasteiger partial charge in [-0.3, -0.25) is 4.79 Å². The summed E-state index contributed by atoms with van der Waals surface area (Å²) >= 11 is 1.65. The van der Waals surface area contributed by atoms with E-state index in [9.17, 15) is 10.0 Å². The summed E-state index contributed by atoms with van der Waals surface area (Å²) < 4.78 is 7.55. The standard InChI is InChI=1S/C15H22N4O3S/c1-15(18-21,14(20)17-2)13(16)11-3-5-12(6-4-11)23-19-7-9-22-10-8-19/h3-6,16,18,21H,7-10H2,1-2H3,(H,17,20). The third-order valence-electron chi connectivity index (χ3n) is 3.75. The van der Waals surface area contributed by atoms with E-state index < -0.39 is 11.4 Å². The third kappa shape index (κ3) is 4.10. The average molecular weight is 338 g/mol. The van der Waals surface area contributed by atoms with Crippen molar-refractivity contribution in [3.05, 3.63) is 29.8 Å². The number of carbonyl (C=O) groups is 1. The number of nitrogens with one attached hydrogen (secondary N) is 3. The SMILES string of the molecule is CNC(=O)C(C)(NO)C(=N)c1ccc(SN2CCOCC2)cc1. The van der Waals surface area contributed by atoms with Crippen molar-refractivity contribution >= 4 is 23.6 Å². The molecule has 4 N–H and O–H groups in total. The second-order valence-corrected chi connectivity index (χ2v) is 6.52. The second-order valence-electron chi connectivity index (χ2n) is 5.35. The van der Waals surface area contributed by atoms with Gasteiger partial charge in [-0.25, -0.2) is 4.31 Å².